The van der Waals surface area contributed by atoms with Crippen molar-refractivity contribution in [3.8, 4) is 5.75 Å². The number of hydrogen-bond donors (Lipinski definition) is 0. The lowest BCUT2D eigenvalue weighted by Gasteiger charge is -2.42. The number of nitrogens with zero attached hydrogens (tertiary/aromatic N) is 1. The summed E-state index contributed by atoms with van der Waals surface area (Å²) in [5, 5.41) is 0. The van der Waals surface area contributed by atoms with Crippen molar-refractivity contribution in [1.29, 1.82) is 0 Å². The molecular formula is C11H13NO3S. The third kappa shape index (κ3) is 1.43. The van der Waals surface area contributed by atoms with E-state index in [-0.39, 0.29) is 5.91 Å². The fourth-order valence-electron chi connectivity index (χ4n) is 1.51. The molecule has 4 nitrogen and oxygen atoms in total. The summed E-state index contributed by atoms with van der Waals surface area (Å²) in [7, 11) is 0.288. The minimum atomic E-state index is -1.29. The van der Waals surface area contributed by atoms with E-state index in [9.17, 15) is 9.00 Å². The van der Waals surface area contributed by atoms with Gasteiger partial charge in [0.1, 0.15) is 21.5 Å². The Morgan fingerprint density at radius 3 is 2.25 bits per heavy atom. The first-order chi connectivity index (χ1) is 7.48. The summed E-state index contributed by atoms with van der Waals surface area (Å²) in [5.74, 6) is 0.595. The Bertz CT molecular complexity index is 435. The SMILES string of the molecule is COc1ccc(N2C(=O)C(C)(C)S2=O)cc1. The summed E-state index contributed by atoms with van der Waals surface area (Å²) < 4.78 is 17.4. The summed E-state index contributed by atoms with van der Waals surface area (Å²) in [6.45, 7) is 3.37. The molecule has 1 amide bonds. The molecule has 1 heterocycles. The first-order valence-electron chi connectivity index (χ1n) is 4.89. The van der Waals surface area contributed by atoms with E-state index >= 15 is 0 Å². The van der Waals surface area contributed by atoms with Crippen LogP contribution in [0.25, 0.3) is 0 Å². The highest BCUT2D eigenvalue weighted by atomic mass is 32.2. The Balaban J connectivity index is 2.27. The van der Waals surface area contributed by atoms with Gasteiger partial charge in [0.05, 0.1) is 12.8 Å². The maximum atomic E-state index is 11.8. The van der Waals surface area contributed by atoms with E-state index < -0.39 is 15.7 Å². The van der Waals surface area contributed by atoms with Crippen molar-refractivity contribution in [3.05, 3.63) is 24.3 Å². The number of amides is 1. The molecule has 0 N–H and O–H groups in total. The maximum Gasteiger partial charge on any atom is 0.259 e. The second-order valence-corrected chi connectivity index (χ2v) is 5.94. The molecule has 1 aromatic rings. The lowest BCUT2D eigenvalue weighted by Crippen LogP contribution is -2.63. The highest BCUT2D eigenvalue weighted by molar-refractivity contribution is 7.92. The molecule has 1 atom stereocenters. The zero-order chi connectivity index (χ0) is 11.9. The monoisotopic (exact) mass is 239 g/mol. The van der Waals surface area contributed by atoms with Gasteiger partial charge < -0.3 is 4.74 Å². The largest absolute Gasteiger partial charge is 0.497 e. The van der Waals surface area contributed by atoms with E-state index in [1.807, 2.05) is 0 Å². The molecule has 0 radical (unpaired) electrons. The van der Waals surface area contributed by atoms with Gasteiger partial charge in [0, 0.05) is 0 Å². The van der Waals surface area contributed by atoms with E-state index in [0.717, 1.165) is 0 Å². The molecule has 1 aromatic carbocycles. The Hall–Kier alpha value is -1.36. The second kappa shape index (κ2) is 3.59. The quantitative estimate of drug-likeness (QED) is 0.785. The standard InChI is InChI=1S/C11H13NO3S/c1-11(2)10(13)12(16(11)14)8-4-6-9(15-3)7-5-8/h4-7H,1-3H3. The highest BCUT2D eigenvalue weighted by Crippen LogP contribution is 2.36. The predicted octanol–water partition coefficient (Wildman–Crippen LogP) is 1.48. The van der Waals surface area contributed by atoms with Crippen LogP contribution in [0.5, 0.6) is 5.75 Å². The summed E-state index contributed by atoms with van der Waals surface area (Å²) >= 11 is 0. The molecule has 0 bridgehead atoms. The van der Waals surface area contributed by atoms with Gasteiger partial charge in [-0.2, -0.15) is 0 Å². The molecule has 2 rings (SSSR count). The van der Waals surface area contributed by atoms with Crippen LogP contribution < -0.4 is 9.04 Å². The van der Waals surface area contributed by atoms with Gasteiger partial charge in [0.2, 0.25) is 0 Å². The second-order valence-electron chi connectivity index (χ2n) is 4.06. The summed E-state index contributed by atoms with van der Waals surface area (Å²) in [6, 6.07) is 6.93. The molecule has 0 aromatic heterocycles. The molecule has 0 spiro atoms. The molecule has 1 unspecified atom stereocenters. The molecule has 1 saturated heterocycles. The predicted molar refractivity (Wildman–Crippen MR) is 62.7 cm³/mol. The Morgan fingerprint density at radius 1 is 1.25 bits per heavy atom. The average molecular weight is 239 g/mol. The van der Waals surface area contributed by atoms with Crippen molar-refractivity contribution in [2.45, 2.75) is 18.6 Å². The number of anilines is 1. The number of methoxy groups -OCH3 is 1. The number of benzene rings is 1. The minimum absolute atomic E-state index is 0.115. The molecule has 0 aliphatic carbocycles. The zero-order valence-corrected chi connectivity index (χ0v) is 10.2. The lowest BCUT2D eigenvalue weighted by atomic mass is 10.1. The lowest BCUT2D eigenvalue weighted by molar-refractivity contribution is -0.120. The number of ether oxygens (including phenoxy) is 1. The summed E-state index contributed by atoms with van der Waals surface area (Å²) in [4.78, 5) is 11.8. The van der Waals surface area contributed by atoms with Crippen molar-refractivity contribution in [2.75, 3.05) is 11.4 Å². The van der Waals surface area contributed by atoms with Crippen LogP contribution in [-0.2, 0) is 15.8 Å². The van der Waals surface area contributed by atoms with Crippen LogP contribution in [0.4, 0.5) is 5.69 Å². The molecule has 1 aliphatic heterocycles. The average Bonchev–Trinajstić information content (AvgIpc) is 2.30. The molecule has 16 heavy (non-hydrogen) atoms. The van der Waals surface area contributed by atoms with Crippen LogP contribution in [0.3, 0.4) is 0 Å². The van der Waals surface area contributed by atoms with Crippen molar-refractivity contribution >= 4 is 22.6 Å². The van der Waals surface area contributed by atoms with Gasteiger partial charge in [-0.05, 0) is 38.1 Å². The normalized spacial score (nSPS) is 22.8. The maximum absolute atomic E-state index is 11.8. The zero-order valence-electron chi connectivity index (χ0n) is 9.39. The van der Waals surface area contributed by atoms with E-state index in [2.05, 4.69) is 0 Å². The van der Waals surface area contributed by atoms with Gasteiger partial charge in [-0.15, -0.1) is 0 Å². The number of carbonyl (C=O) groups excluding carboxylic acids is 1. The van der Waals surface area contributed by atoms with Crippen molar-refractivity contribution in [1.82, 2.24) is 0 Å². The molecule has 5 heteroatoms. The van der Waals surface area contributed by atoms with Crippen molar-refractivity contribution in [2.24, 2.45) is 0 Å². The first-order valence-corrected chi connectivity index (χ1v) is 6.00. The van der Waals surface area contributed by atoms with E-state index in [4.69, 9.17) is 4.74 Å². The van der Waals surface area contributed by atoms with Crippen LogP contribution in [0, 0.1) is 0 Å². The van der Waals surface area contributed by atoms with Gasteiger partial charge in [-0.25, -0.2) is 8.51 Å². The fraction of sp³-hybridized carbons (Fsp3) is 0.364. The third-order valence-electron chi connectivity index (χ3n) is 2.61. The van der Waals surface area contributed by atoms with Gasteiger partial charge in [0.25, 0.3) is 5.91 Å². The van der Waals surface area contributed by atoms with E-state index in [1.165, 1.54) is 4.31 Å². The van der Waals surface area contributed by atoms with Gasteiger partial charge >= 0.3 is 0 Å². The number of rotatable bonds is 2. The Morgan fingerprint density at radius 2 is 1.81 bits per heavy atom. The van der Waals surface area contributed by atoms with Crippen molar-refractivity contribution in [3.63, 3.8) is 0 Å². The fourth-order valence-corrected chi connectivity index (χ4v) is 2.77. The third-order valence-corrected chi connectivity index (χ3v) is 4.36. The summed E-state index contributed by atoms with van der Waals surface area (Å²) in [6.07, 6.45) is 0. The van der Waals surface area contributed by atoms with Crippen LogP contribution in [0.2, 0.25) is 0 Å². The van der Waals surface area contributed by atoms with Crippen LogP contribution in [0.15, 0.2) is 24.3 Å². The van der Waals surface area contributed by atoms with E-state index in [0.29, 0.717) is 11.4 Å². The van der Waals surface area contributed by atoms with Crippen LogP contribution >= 0.6 is 0 Å². The van der Waals surface area contributed by atoms with Gasteiger partial charge in [0.15, 0.2) is 0 Å². The Labute approximate surface area is 96.8 Å². The molecule has 1 fully saturated rings. The summed E-state index contributed by atoms with van der Waals surface area (Å²) in [5.41, 5.74) is 0.642. The first kappa shape index (κ1) is 11.1. The number of carbonyl (C=O) groups is 1. The van der Waals surface area contributed by atoms with Crippen LogP contribution in [0.1, 0.15) is 13.8 Å². The Kier molecular flexibility index (Phi) is 2.50. The minimum Gasteiger partial charge on any atom is -0.497 e. The number of hydrogen-bond acceptors (Lipinski definition) is 3. The topological polar surface area (TPSA) is 46.6 Å². The van der Waals surface area contributed by atoms with Gasteiger partial charge in [-0.3, -0.25) is 4.79 Å². The molecule has 86 valence electrons. The molecule has 1 aliphatic rings. The van der Waals surface area contributed by atoms with E-state index in [1.54, 1.807) is 45.2 Å². The van der Waals surface area contributed by atoms with Crippen LogP contribution in [-0.4, -0.2) is 22.0 Å². The smallest absolute Gasteiger partial charge is 0.259 e. The molecule has 0 saturated carbocycles. The van der Waals surface area contributed by atoms with Gasteiger partial charge in [-0.1, -0.05) is 0 Å². The highest BCUT2D eigenvalue weighted by Gasteiger charge is 2.53. The van der Waals surface area contributed by atoms with Crippen molar-refractivity contribution < 1.29 is 13.7 Å². The molecular weight excluding hydrogens is 226 g/mol.